The molecular weight excluding hydrogens is 418 g/mol. The van der Waals surface area contributed by atoms with Gasteiger partial charge in [-0.2, -0.15) is 0 Å². The topological polar surface area (TPSA) is 72.7 Å². The number of nitrogens with one attached hydrogen (secondary N) is 1. The number of fused-ring (bicyclic) bond motifs is 2. The van der Waals surface area contributed by atoms with Crippen molar-refractivity contribution in [3.63, 3.8) is 0 Å². The van der Waals surface area contributed by atoms with E-state index in [0.29, 0.717) is 17.4 Å². The SMILES string of the molecule is Cc1cc(C)c2c(C)c(C(=O)Nc3nc4ccccc4n3CCc3ccccn3)sc2n1. The van der Waals surface area contributed by atoms with Crippen LogP contribution in [0.2, 0.25) is 0 Å². The Morgan fingerprint density at radius 2 is 1.88 bits per heavy atom. The lowest BCUT2D eigenvalue weighted by atomic mass is 10.1. The quantitative estimate of drug-likeness (QED) is 0.393. The van der Waals surface area contributed by atoms with Gasteiger partial charge < -0.3 is 4.57 Å². The summed E-state index contributed by atoms with van der Waals surface area (Å²) in [5.74, 6) is 0.391. The van der Waals surface area contributed by atoms with Gasteiger partial charge in [0.1, 0.15) is 4.83 Å². The number of hydrogen-bond acceptors (Lipinski definition) is 5. The van der Waals surface area contributed by atoms with Gasteiger partial charge in [0.05, 0.1) is 15.9 Å². The Hall–Kier alpha value is -3.58. The maximum Gasteiger partial charge on any atom is 0.268 e. The summed E-state index contributed by atoms with van der Waals surface area (Å²) in [6.45, 7) is 6.70. The summed E-state index contributed by atoms with van der Waals surface area (Å²) in [5, 5.41) is 4.13. The molecule has 32 heavy (non-hydrogen) atoms. The van der Waals surface area contributed by atoms with E-state index in [1.165, 1.54) is 11.3 Å². The molecule has 0 radical (unpaired) electrons. The first-order valence-electron chi connectivity index (χ1n) is 10.5. The fraction of sp³-hybridized carbons (Fsp3) is 0.200. The lowest BCUT2D eigenvalue weighted by Crippen LogP contribution is -2.16. The zero-order valence-corrected chi connectivity index (χ0v) is 19.0. The third-order valence-corrected chi connectivity index (χ3v) is 6.81. The second-order valence-electron chi connectivity index (χ2n) is 7.92. The molecule has 4 aromatic heterocycles. The molecule has 5 rings (SSSR count). The second-order valence-corrected chi connectivity index (χ2v) is 8.92. The normalized spacial score (nSPS) is 11.3. The van der Waals surface area contributed by atoms with Crippen LogP contribution < -0.4 is 5.32 Å². The number of carbonyl (C=O) groups excluding carboxylic acids is 1. The zero-order valence-electron chi connectivity index (χ0n) is 18.2. The van der Waals surface area contributed by atoms with Crippen molar-refractivity contribution in [1.82, 2.24) is 19.5 Å². The van der Waals surface area contributed by atoms with Crippen molar-refractivity contribution >= 4 is 44.4 Å². The summed E-state index contributed by atoms with van der Waals surface area (Å²) in [4.78, 5) is 28.6. The minimum atomic E-state index is -0.156. The molecule has 0 aliphatic heterocycles. The number of carbonyl (C=O) groups is 1. The van der Waals surface area contributed by atoms with Gasteiger partial charge >= 0.3 is 0 Å². The number of aryl methyl sites for hydroxylation is 5. The number of benzene rings is 1. The van der Waals surface area contributed by atoms with Gasteiger partial charge in [0.25, 0.3) is 5.91 Å². The molecular formula is C25H23N5OS. The van der Waals surface area contributed by atoms with E-state index in [1.807, 2.05) is 56.3 Å². The maximum absolute atomic E-state index is 13.3. The van der Waals surface area contributed by atoms with Gasteiger partial charge in [-0.15, -0.1) is 11.3 Å². The molecule has 0 saturated heterocycles. The fourth-order valence-electron chi connectivity index (χ4n) is 4.16. The Morgan fingerprint density at radius 1 is 1.06 bits per heavy atom. The number of pyridine rings is 2. The first-order valence-corrected chi connectivity index (χ1v) is 11.4. The first kappa shape index (κ1) is 20.3. The average molecular weight is 442 g/mol. The number of imidazole rings is 1. The Kier molecular flexibility index (Phi) is 5.19. The maximum atomic E-state index is 13.3. The lowest BCUT2D eigenvalue weighted by Gasteiger charge is -2.10. The molecule has 1 amide bonds. The third kappa shape index (κ3) is 3.65. The summed E-state index contributed by atoms with van der Waals surface area (Å²) in [6, 6.07) is 15.9. The van der Waals surface area contributed by atoms with Gasteiger partial charge in [-0.25, -0.2) is 9.97 Å². The van der Waals surface area contributed by atoms with Crippen LogP contribution in [0.3, 0.4) is 0 Å². The minimum absolute atomic E-state index is 0.156. The summed E-state index contributed by atoms with van der Waals surface area (Å²) in [6.07, 6.45) is 2.54. The van der Waals surface area contributed by atoms with E-state index in [2.05, 4.69) is 32.8 Å². The molecule has 4 heterocycles. The van der Waals surface area contributed by atoms with E-state index in [-0.39, 0.29) is 5.91 Å². The number of thiophene rings is 1. The molecule has 5 aromatic rings. The predicted molar refractivity (Wildman–Crippen MR) is 129 cm³/mol. The van der Waals surface area contributed by atoms with Crippen LogP contribution in [0.25, 0.3) is 21.3 Å². The Labute approximate surface area is 190 Å². The van der Waals surface area contributed by atoms with Crippen LogP contribution in [0, 0.1) is 20.8 Å². The highest BCUT2D eigenvalue weighted by Crippen LogP contribution is 2.33. The minimum Gasteiger partial charge on any atom is -0.310 e. The van der Waals surface area contributed by atoms with Crippen molar-refractivity contribution in [3.05, 3.63) is 82.1 Å². The van der Waals surface area contributed by atoms with Crippen molar-refractivity contribution in [1.29, 1.82) is 0 Å². The van der Waals surface area contributed by atoms with Gasteiger partial charge in [-0.05, 0) is 62.2 Å². The highest BCUT2D eigenvalue weighted by molar-refractivity contribution is 7.20. The van der Waals surface area contributed by atoms with Crippen LogP contribution in [0.4, 0.5) is 5.95 Å². The molecule has 6 nitrogen and oxygen atoms in total. The monoisotopic (exact) mass is 441 g/mol. The van der Waals surface area contributed by atoms with Gasteiger partial charge in [0.15, 0.2) is 0 Å². The largest absolute Gasteiger partial charge is 0.310 e. The highest BCUT2D eigenvalue weighted by atomic mass is 32.1. The van der Waals surface area contributed by atoms with Gasteiger partial charge in [-0.3, -0.25) is 15.1 Å². The van der Waals surface area contributed by atoms with Crippen molar-refractivity contribution in [2.75, 3.05) is 5.32 Å². The molecule has 0 saturated carbocycles. The number of rotatable bonds is 5. The molecule has 0 spiro atoms. The summed E-state index contributed by atoms with van der Waals surface area (Å²) < 4.78 is 2.05. The summed E-state index contributed by atoms with van der Waals surface area (Å²) in [5.41, 5.74) is 5.90. The second kappa shape index (κ2) is 8.16. The highest BCUT2D eigenvalue weighted by Gasteiger charge is 2.20. The smallest absolute Gasteiger partial charge is 0.268 e. The standard InChI is InChI=1S/C25H23N5OS/c1-15-14-16(2)27-24-21(15)17(3)22(32-24)23(31)29-25-28-19-9-4-5-10-20(19)30(25)13-11-18-8-6-7-12-26-18/h4-10,12,14H,11,13H2,1-3H3,(H,28,29,31). The van der Waals surface area contributed by atoms with Crippen molar-refractivity contribution in [3.8, 4) is 0 Å². The summed E-state index contributed by atoms with van der Waals surface area (Å²) in [7, 11) is 0. The van der Waals surface area contributed by atoms with E-state index in [4.69, 9.17) is 4.98 Å². The van der Waals surface area contributed by atoms with Crippen LogP contribution in [0.15, 0.2) is 54.7 Å². The molecule has 0 unspecified atom stereocenters. The molecule has 7 heteroatoms. The van der Waals surface area contributed by atoms with Crippen molar-refractivity contribution in [2.24, 2.45) is 0 Å². The molecule has 0 atom stereocenters. The van der Waals surface area contributed by atoms with E-state index in [9.17, 15) is 4.79 Å². The molecule has 1 N–H and O–H groups in total. The number of amides is 1. The average Bonchev–Trinajstić information content (AvgIpc) is 3.30. The number of nitrogens with zero attached hydrogens (tertiary/aromatic N) is 4. The molecule has 0 aliphatic rings. The van der Waals surface area contributed by atoms with E-state index < -0.39 is 0 Å². The Morgan fingerprint density at radius 3 is 2.69 bits per heavy atom. The number of aromatic nitrogens is 4. The lowest BCUT2D eigenvalue weighted by molar-refractivity contribution is 0.102. The Bertz CT molecular complexity index is 1450. The van der Waals surface area contributed by atoms with Crippen LogP contribution >= 0.6 is 11.3 Å². The molecule has 0 fully saturated rings. The summed E-state index contributed by atoms with van der Waals surface area (Å²) >= 11 is 1.43. The molecule has 160 valence electrons. The molecule has 0 aliphatic carbocycles. The fourth-order valence-corrected chi connectivity index (χ4v) is 5.36. The number of para-hydroxylation sites is 2. The van der Waals surface area contributed by atoms with Crippen LogP contribution in [0.5, 0.6) is 0 Å². The van der Waals surface area contributed by atoms with Gasteiger partial charge in [-0.1, -0.05) is 18.2 Å². The Balaban J connectivity index is 1.50. The van der Waals surface area contributed by atoms with Crippen molar-refractivity contribution in [2.45, 2.75) is 33.7 Å². The van der Waals surface area contributed by atoms with E-state index >= 15 is 0 Å². The third-order valence-electron chi connectivity index (χ3n) is 5.63. The first-order chi connectivity index (χ1) is 15.5. The van der Waals surface area contributed by atoms with Gasteiger partial charge in [0.2, 0.25) is 5.95 Å². The van der Waals surface area contributed by atoms with E-state index in [0.717, 1.165) is 50.2 Å². The molecule has 0 bridgehead atoms. The number of hydrogen-bond donors (Lipinski definition) is 1. The van der Waals surface area contributed by atoms with Gasteiger partial charge in [0, 0.05) is 35.9 Å². The van der Waals surface area contributed by atoms with E-state index in [1.54, 1.807) is 6.20 Å². The predicted octanol–water partition coefficient (Wildman–Crippen LogP) is 5.46. The van der Waals surface area contributed by atoms with Crippen molar-refractivity contribution < 1.29 is 4.79 Å². The number of anilines is 1. The van der Waals surface area contributed by atoms with Crippen LogP contribution in [-0.4, -0.2) is 25.4 Å². The zero-order chi connectivity index (χ0) is 22.2. The molecule has 1 aromatic carbocycles. The van der Waals surface area contributed by atoms with Crippen LogP contribution in [-0.2, 0) is 13.0 Å². The van der Waals surface area contributed by atoms with Crippen LogP contribution in [0.1, 0.15) is 32.2 Å².